The number of hydrogen-bond acceptors (Lipinski definition) is 0. The van der Waals surface area contributed by atoms with E-state index < -0.39 is 0 Å². The quantitative estimate of drug-likeness (QED) is 0.685. The van der Waals surface area contributed by atoms with Crippen molar-refractivity contribution in [1.82, 2.24) is 0 Å². The van der Waals surface area contributed by atoms with Crippen LogP contribution in [0, 0.1) is 20.8 Å². The normalized spacial score (nSPS) is 8.92. The van der Waals surface area contributed by atoms with E-state index in [9.17, 15) is 0 Å². The van der Waals surface area contributed by atoms with Gasteiger partial charge in [-0.2, -0.15) is 0 Å². The van der Waals surface area contributed by atoms with E-state index in [1.54, 1.807) is 0 Å². The largest absolute Gasteiger partial charge is 0.0985 e. The Hall–Kier alpha value is -0.241. The van der Waals surface area contributed by atoms with Gasteiger partial charge in [0.1, 0.15) is 0 Å². The molecule has 0 aliphatic carbocycles. The minimum Gasteiger partial charge on any atom is -0.0985 e. The molecule has 62 valence electrons. The van der Waals surface area contributed by atoms with Gasteiger partial charge in [-0.15, -0.1) is 0 Å². The Bertz CT molecular complexity index is 287. The van der Waals surface area contributed by atoms with Crippen LogP contribution in [0.2, 0.25) is 0 Å². The molecule has 0 atom stereocenters. The van der Waals surface area contributed by atoms with Crippen LogP contribution in [0.3, 0.4) is 0 Å². The number of benzene rings is 1. The predicted octanol–water partition coefficient (Wildman–Crippen LogP) is 2.87. The fraction of sp³-hybridized carbons (Fsp3) is 0.273. The maximum Gasteiger partial charge on any atom is 0 e. The second kappa shape index (κ2) is 4.70. The summed E-state index contributed by atoms with van der Waals surface area (Å²) in [5.41, 5.74) is 5.32. The minimum absolute atomic E-state index is 0. The second-order valence-electron chi connectivity index (χ2n) is 2.93. The molecule has 0 N–H and O–H groups in total. The molecule has 0 nitrogen and oxygen atoms in total. The molecule has 1 aromatic carbocycles. The van der Waals surface area contributed by atoms with Crippen molar-refractivity contribution in [3.05, 3.63) is 41.0 Å². The summed E-state index contributed by atoms with van der Waals surface area (Å²) in [6.45, 7) is 10.2. The summed E-state index contributed by atoms with van der Waals surface area (Å²) in [4.78, 5) is 0. The molecule has 0 saturated carbocycles. The molecule has 0 fully saturated rings. The zero-order chi connectivity index (χ0) is 8.43. The van der Waals surface area contributed by atoms with Crippen molar-refractivity contribution in [3.63, 3.8) is 0 Å². The van der Waals surface area contributed by atoms with E-state index in [1.807, 2.05) is 6.08 Å². The Balaban J connectivity index is 0.00000121. The topological polar surface area (TPSA) is 0 Å². The molecular formula is C11H14Sn. The van der Waals surface area contributed by atoms with Crippen molar-refractivity contribution in [1.29, 1.82) is 0 Å². The predicted molar refractivity (Wildman–Crippen MR) is 56.5 cm³/mol. The molecule has 1 aromatic rings. The van der Waals surface area contributed by atoms with Crippen LogP contribution >= 0.6 is 0 Å². The Kier molecular flexibility index (Phi) is 4.61. The van der Waals surface area contributed by atoms with Gasteiger partial charge in [0, 0.05) is 23.9 Å². The number of hydrogen-bond donors (Lipinski definition) is 0. The van der Waals surface area contributed by atoms with Crippen LogP contribution in [0.15, 0.2) is 18.7 Å². The van der Waals surface area contributed by atoms with Crippen molar-refractivity contribution in [3.8, 4) is 0 Å². The first kappa shape index (κ1) is 11.8. The molecule has 0 saturated heterocycles. The van der Waals surface area contributed by atoms with Gasteiger partial charge in [0.05, 0.1) is 0 Å². The summed E-state index contributed by atoms with van der Waals surface area (Å²) in [6, 6.07) is 4.25. The second-order valence-corrected chi connectivity index (χ2v) is 2.93. The molecule has 0 heterocycles. The fourth-order valence-corrected chi connectivity index (χ4v) is 1.20. The monoisotopic (exact) mass is 266 g/mol. The van der Waals surface area contributed by atoms with E-state index in [4.69, 9.17) is 0 Å². The first-order valence-corrected chi connectivity index (χ1v) is 3.86. The smallest absolute Gasteiger partial charge is 0 e. The van der Waals surface area contributed by atoms with Crippen LogP contribution in [0.1, 0.15) is 22.3 Å². The summed E-state index contributed by atoms with van der Waals surface area (Å²) in [5.74, 6) is 0. The van der Waals surface area contributed by atoms with Gasteiger partial charge < -0.3 is 0 Å². The molecular weight excluding hydrogens is 251 g/mol. The fourth-order valence-electron chi connectivity index (χ4n) is 1.20. The van der Waals surface area contributed by atoms with E-state index in [1.165, 1.54) is 22.3 Å². The minimum atomic E-state index is 0. The standard InChI is InChI=1S/C11H14.Sn/c1-5-11-7-6-8(2)9(3)10(11)4;/h5-7H,1H2,2-4H3;. The average molecular weight is 265 g/mol. The summed E-state index contributed by atoms with van der Waals surface area (Å²) in [5, 5.41) is 0. The average Bonchev–Trinajstić information content (AvgIpc) is 2.01. The Morgan fingerprint density at radius 1 is 1.08 bits per heavy atom. The van der Waals surface area contributed by atoms with Crippen molar-refractivity contribution in [2.75, 3.05) is 0 Å². The van der Waals surface area contributed by atoms with Gasteiger partial charge in [0.25, 0.3) is 0 Å². The molecule has 0 unspecified atom stereocenters. The Morgan fingerprint density at radius 3 is 2.17 bits per heavy atom. The van der Waals surface area contributed by atoms with E-state index in [0.717, 1.165) is 0 Å². The zero-order valence-corrected chi connectivity index (χ0v) is 10.8. The van der Waals surface area contributed by atoms with Gasteiger partial charge in [-0.05, 0) is 43.0 Å². The molecule has 1 rings (SSSR count). The van der Waals surface area contributed by atoms with Gasteiger partial charge in [-0.3, -0.25) is 0 Å². The third-order valence-electron chi connectivity index (χ3n) is 2.32. The van der Waals surface area contributed by atoms with Gasteiger partial charge >= 0.3 is 0 Å². The molecule has 4 radical (unpaired) electrons. The van der Waals surface area contributed by atoms with Crippen LogP contribution in [-0.2, 0) is 0 Å². The van der Waals surface area contributed by atoms with Crippen LogP contribution in [0.5, 0.6) is 0 Å². The maximum absolute atomic E-state index is 3.76. The summed E-state index contributed by atoms with van der Waals surface area (Å²) in [6.07, 6.45) is 1.90. The summed E-state index contributed by atoms with van der Waals surface area (Å²) >= 11 is 0. The van der Waals surface area contributed by atoms with E-state index >= 15 is 0 Å². The molecule has 0 aromatic heterocycles. The van der Waals surface area contributed by atoms with E-state index in [0.29, 0.717) is 0 Å². The van der Waals surface area contributed by atoms with Crippen LogP contribution in [-0.4, -0.2) is 23.9 Å². The maximum atomic E-state index is 3.76. The molecule has 0 aliphatic heterocycles. The molecule has 1 heteroatoms. The zero-order valence-electron chi connectivity index (χ0n) is 7.94. The van der Waals surface area contributed by atoms with Gasteiger partial charge in [-0.25, -0.2) is 0 Å². The molecule has 0 amide bonds. The van der Waals surface area contributed by atoms with Crippen LogP contribution in [0.25, 0.3) is 6.08 Å². The Morgan fingerprint density at radius 2 is 1.67 bits per heavy atom. The van der Waals surface area contributed by atoms with Gasteiger partial charge in [0.15, 0.2) is 0 Å². The number of rotatable bonds is 1. The first-order valence-electron chi connectivity index (χ1n) is 3.86. The molecule has 0 bridgehead atoms. The van der Waals surface area contributed by atoms with Gasteiger partial charge in [-0.1, -0.05) is 24.8 Å². The van der Waals surface area contributed by atoms with E-state index in [2.05, 4.69) is 39.5 Å². The third kappa shape index (κ3) is 2.13. The Labute approximate surface area is 91.6 Å². The third-order valence-corrected chi connectivity index (χ3v) is 2.32. The van der Waals surface area contributed by atoms with Crippen LogP contribution < -0.4 is 0 Å². The van der Waals surface area contributed by atoms with Crippen molar-refractivity contribution in [2.24, 2.45) is 0 Å². The summed E-state index contributed by atoms with van der Waals surface area (Å²) in [7, 11) is 0. The SMILES string of the molecule is C=Cc1ccc(C)c(C)c1C.[Sn]. The van der Waals surface area contributed by atoms with Crippen molar-refractivity contribution in [2.45, 2.75) is 20.8 Å². The molecule has 0 aliphatic rings. The molecule has 0 spiro atoms. The van der Waals surface area contributed by atoms with Crippen molar-refractivity contribution >= 4 is 30.0 Å². The molecule has 12 heavy (non-hydrogen) atoms. The van der Waals surface area contributed by atoms with Crippen molar-refractivity contribution < 1.29 is 0 Å². The number of aryl methyl sites for hydroxylation is 1. The van der Waals surface area contributed by atoms with Crippen LogP contribution in [0.4, 0.5) is 0 Å². The summed E-state index contributed by atoms with van der Waals surface area (Å²) < 4.78 is 0. The van der Waals surface area contributed by atoms with E-state index in [-0.39, 0.29) is 23.9 Å². The van der Waals surface area contributed by atoms with Gasteiger partial charge in [0.2, 0.25) is 0 Å². The first-order chi connectivity index (χ1) is 5.16.